The lowest BCUT2D eigenvalue weighted by atomic mass is 9.98. The zero-order valence-corrected chi connectivity index (χ0v) is 11.6. The standard InChI is InChI=1S/C14H21ClN2/c1-10(2)17-9-11(7-8-16-3)14-12(15)5-4-6-13(14)17/h4-6,10-11,16H,7-9H2,1-3H3. The maximum Gasteiger partial charge on any atom is 0.0462 e. The Morgan fingerprint density at radius 3 is 2.88 bits per heavy atom. The number of nitrogens with one attached hydrogen (secondary N) is 1. The van der Waals surface area contributed by atoms with Crippen molar-refractivity contribution >= 4 is 17.3 Å². The van der Waals surface area contributed by atoms with Crippen molar-refractivity contribution in [1.82, 2.24) is 5.32 Å². The molecule has 3 heteroatoms. The average Bonchev–Trinajstić information content (AvgIpc) is 2.67. The molecular formula is C14H21ClN2. The fourth-order valence-electron chi connectivity index (χ4n) is 2.65. The molecule has 94 valence electrons. The first-order chi connectivity index (χ1) is 8.15. The minimum absolute atomic E-state index is 0.534. The van der Waals surface area contributed by atoms with Crippen LogP contribution < -0.4 is 10.2 Å². The SMILES string of the molecule is CNCCC1CN(C(C)C)c2cccc(Cl)c21. The lowest BCUT2D eigenvalue weighted by Gasteiger charge is -2.24. The van der Waals surface area contributed by atoms with Crippen LogP contribution in [0.5, 0.6) is 0 Å². The average molecular weight is 253 g/mol. The molecule has 1 aromatic rings. The number of hydrogen-bond acceptors (Lipinski definition) is 2. The second-order valence-electron chi connectivity index (χ2n) is 5.01. The fourth-order valence-corrected chi connectivity index (χ4v) is 2.97. The summed E-state index contributed by atoms with van der Waals surface area (Å²) >= 11 is 6.37. The number of halogens is 1. The van der Waals surface area contributed by atoms with Gasteiger partial charge in [-0.15, -0.1) is 0 Å². The Balaban J connectivity index is 2.31. The summed E-state index contributed by atoms with van der Waals surface area (Å²) < 4.78 is 0. The van der Waals surface area contributed by atoms with E-state index < -0.39 is 0 Å². The zero-order valence-electron chi connectivity index (χ0n) is 10.8. The number of fused-ring (bicyclic) bond motifs is 1. The minimum Gasteiger partial charge on any atom is -0.368 e. The third kappa shape index (κ3) is 2.43. The molecule has 1 aromatic carbocycles. The van der Waals surface area contributed by atoms with Gasteiger partial charge in [0.05, 0.1) is 0 Å². The van der Waals surface area contributed by atoms with Gasteiger partial charge < -0.3 is 10.2 Å². The summed E-state index contributed by atoms with van der Waals surface area (Å²) in [5.74, 6) is 0.563. The smallest absolute Gasteiger partial charge is 0.0462 e. The quantitative estimate of drug-likeness (QED) is 0.885. The van der Waals surface area contributed by atoms with Gasteiger partial charge in [-0.1, -0.05) is 17.7 Å². The van der Waals surface area contributed by atoms with Gasteiger partial charge >= 0.3 is 0 Å². The molecule has 2 nitrogen and oxygen atoms in total. The van der Waals surface area contributed by atoms with Crippen molar-refractivity contribution in [2.75, 3.05) is 25.0 Å². The van der Waals surface area contributed by atoms with Crippen molar-refractivity contribution in [1.29, 1.82) is 0 Å². The topological polar surface area (TPSA) is 15.3 Å². The molecule has 1 atom stereocenters. The first-order valence-corrected chi connectivity index (χ1v) is 6.72. The normalized spacial score (nSPS) is 18.9. The first kappa shape index (κ1) is 12.7. The minimum atomic E-state index is 0.534. The Hall–Kier alpha value is -0.730. The van der Waals surface area contributed by atoms with Crippen molar-refractivity contribution in [3.8, 4) is 0 Å². The van der Waals surface area contributed by atoms with E-state index in [0.717, 1.165) is 24.5 Å². The molecule has 17 heavy (non-hydrogen) atoms. The van der Waals surface area contributed by atoms with Crippen LogP contribution >= 0.6 is 11.6 Å². The lowest BCUT2D eigenvalue weighted by Crippen LogP contribution is -2.29. The van der Waals surface area contributed by atoms with Crippen LogP contribution in [0, 0.1) is 0 Å². The molecule has 1 aliphatic rings. The van der Waals surface area contributed by atoms with Crippen LogP contribution in [0.4, 0.5) is 5.69 Å². The van der Waals surface area contributed by atoms with Gasteiger partial charge in [0.1, 0.15) is 0 Å². The summed E-state index contributed by atoms with van der Waals surface area (Å²) in [4.78, 5) is 2.46. The van der Waals surface area contributed by atoms with Gasteiger partial charge in [-0.2, -0.15) is 0 Å². The van der Waals surface area contributed by atoms with Crippen LogP contribution in [-0.4, -0.2) is 26.2 Å². The van der Waals surface area contributed by atoms with E-state index in [0.29, 0.717) is 12.0 Å². The van der Waals surface area contributed by atoms with E-state index in [1.54, 1.807) is 0 Å². The number of anilines is 1. The third-order valence-electron chi connectivity index (χ3n) is 3.53. The first-order valence-electron chi connectivity index (χ1n) is 6.34. The van der Waals surface area contributed by atoms with Gasteiger partial charge in [-0.05, 0) is 51.6 Å². The summed E-state index contributed by atoms with van der Waals surface area (Å²) in [6, 6.07) is 6.79. The predicted molar refractivity (Wildman–Crippen MR) is 75.2 cm³/mol. The Morgan fingerprint density at radius 2 is 2.24 bits per heavy atom. The summed E-state index contributed by atoms with van der Waals surface area (Å²) in [6.07, 6.45) is 1.15. The second kappa shape index (κ2) is 5.28. The van der Waals surface area contributed by atoms with Crippen molar-refractivity contribution < 1.29 is 0 Å². The Morgan fingerprint density at radius 1 is 1.47 bits per heavy atom. The highest BCUT2D eigenvalue weighted by atomic mass is 35.5. The van der Waals surface area contributed by atoms with Gasteiger partial charge in [0, 0.05) is 29.2 Å². The predicted octanol–water partition coefficient (Wildman–Crippen LogP) is 3.26. The summed E-state index contributed by atoms with van der Waals surface area (Å²) in [6.45, 7) is 6.62. The molecule has 0 aliphatic carbocycles. The number of nitrogens with zero attached hydrogens (tertiary/aromatic N) is 1. The van der Waals surface area contributed by atoms with Crippen LogP contribution in [0.1, 0.15) is 31.7 Å². The highest BCUT2D eigenvalue weighted by Crippen LogP contribution is 2.42. The molecule has 0 amide bonds. The highest BCUT2D eigenvalue weighted by Gasteiger charge is 2.31. The summed E-state index contributed by atoms with van der Waals surface area (Å²) in [5.41, 5.74) is 2.67. The van der Waals surface area contributed by atoms with Crippen molar-refractivity contribution in [3.63, 3.8) is 0 Å². The van der Waals surface area contributed by atoms with Crippen molar-refractivity contribution in [2.24, 2.45) is 0 Å². The molecule has 1 aliphatic heterocycles. The second-order valence-corrected chi connectivity index (χ2v) is 5.42. The maximum atomic E-state index is 6.37. The Labute approximate surface area is 109 Å². The van der Waals surface area contributed by atoms with E-state index in [1.807, 2.05) is 13.1 Å². The molecule has 0 saturated heterocycles. The molecule has 0 saturated carbocycles. The zero-order chi connectivity index (χ0) is 12.4. The van der Waals surface area contributed by atoms with Gasteiger partial charge in [-0.3, -0.25) is 0 Å². The fraction of sp³-hybridized carbons (Fsp3) is 0.571. The van der Waals surface area contributed by atoms with Gasteiger partial charge in [-0.25, -0.2) is 0 Å². The summed E-state index contributed by atoms with van der Waals surface area (Å²) in [5, 5.41) is 4.15. The molecule has 1 heterocycles. The Kier molecular flexibility index (Phi) is 3.95. The maximum absolute atomic E-state index is 6.37. The van der Waals surface area contributed by atoms with Crippen LogP contribution in [0.2, 0.25) is 5.02 Å². The van der Waals surface area contributed by atoms with Crippen LogP contribution in [0.25, 0.3) is 0 Å². The van der Waals surface area contributed by atoms with E-state index in [-0.39, 0.29) is 0 Å². The number of hydrogen-bond donors (Lipinski definition) is 1. The highest BCUT2D eigenvalue weighted by molar-refractivity contribution is 6.32. The summed E-state index contributed by atoms with van der Waals surface area (Å²) in [7, 11) is 2.00. The molecule has 0 radical (unpaired) electrons. The molecule has 0 aromatic heterocycles. The monoisotopic (exact) mass is 252 g/mol. The van der Waals surface area contributed by atoms with E-state index in [4.69, 9.17) is 11.6 Å². The Bertz CT molecular complexity index is 390. The van der Waals surface area contributed by atoms with Gasteiger partial charge in [0.15, 0.2) is 0 Å². The van der Waals surface area contributed by atoms with E-state index in [9.17, 15) is 0 Å². The molecular weight excluding hydrogens is 232 g/mol. The van der Waals surface area contributed by atoms with Crippen LogP contribution in [0.3, 0.4) is 0 Å². The van der Waals surface area contributed by atoms with Crippen molar-refractivity contribution in [2.45, 2.75) is 32.2 Å². The molecule has 0 bridgehead atoms. The van der Waals surface area contributed by atoms with E-state index in [2.05, 4.69) is 36.2 Å². The molecule has 2 rings (SSSR count). The van der Waals surface area contributed by atoms with E-state index >= 15 is 0 Å². The third-order valence-corrected chi connectivity index (χ3v) is 3.86. The van der Waals surface area contributed by atoms with Crippen molar-refractivity contribution in [3.05, 3.63) is 28.8 Å². The van der Waals surface area contributed by atoms with Gasteiger partial charge in [0.25, 0.3) is 0 Å². The molecule has 0 spiro atoms. The number of benzene rings is 1. The largest absolute Gasteiger partial charge is 0.368 e. The molecule has 1 N–H and O–H groups in total. The molecule has 0 fully saturated rings. The van der Waals surface area contributed by atoms with Gasteiger partial charge in [0.2, 0.25) is 0 Å². The van der Waals surface area contributed by atoms with Crippen LogP contribution in [0.15, 0.2) is 18.2 Å². The number of rotatable bonds is 4. The molecule has 1 unspecified atom stereocenters. The van der Waals surface area contributed by atoms with E-state index in [1.165, 1.54) is 11.3 Å². The lowest BCUT2D eigenvalue weighted by molar-refractivity contribution is 0.588. The van der Waals surface area contributed by atoms with Crippen LogP contribution in [-0.2, 0) is 0 Å².